The largest absolute Gasteiger partial charge is 0.501 e. The summed E-state index contributed by atoms with van der Waals surface area (Å²) in [6.07, 6.45) is 0.573. The quantitative estimate of drug-likeness (QED) is 0.452. The zero-order valence-electron chi connectivity index (χ0n) is 20.9. The number of benzene rings is 1. The zero-order valence-corrected chi connectivity index (χ0v) is 20.9. The van der Waals surface area contributed by atoms with Crippen LogP contribution in [0.5, 0.6) is 5.75 Å². The van der Waals surface area contributed by atoms with Gasteiger partial charge in [0, 0.05) is 34.2 Å². The molecule has 1 aliphatic rings. The van der Waals surface area contributed by atoms with Gasteiger partial charge in [-0.25, -0.2) is 9.37 Å². The summed E-state index contributed by atoms with van der Waals surface area (Å²) >= 11 is 0. The smallest absolute Gasteiger partial charge is 0.312 e. The van der Waals surface area contributed by atoms with Crippen molar-refractivity contribution < 1.29 is 28.6 Å². The first-order chi connectivity index (χ1) is 17.1. The minimum atomic E-state index is -0.818. The number of hydrogen-bond donors (Lipinski definition) is 1. The second kappa shape index (κ2) is 11.4. The van der Waals surface area contributed by atoms with Crippen LogP contribution in [0, 0.1) is 5.82 Å². The van der Waals surface area contributed by atoms with Gasteiger partial charge in [0.25, 0.3) is 5.56 Å². The van der Waals surface area contributed by atoms with Gasteiger partial charge in [0.1, 0.15) is 11.6 Å². The summed E-state index contributed by atoms with van der Waals surface area (Å²) < 4.78 is 19.8. The number of ketones is 1. The summed E-state index contributed by atoms with van der Waals surface area (Å²) in [5.74, 6) is -3.12. The molecule has 0 bridgehead atoms. The number of aromatic nitrogens is 2. The molecule has 1 N–H and O–H groups in total. The molecule has 2 aromatic rings. The molecule has 11 heteroatoms. The second-order valence-corrected chi connectivity index (χ2v) is 8.87. The van der Waals surface area contributed by atoms with Gasteiger partial charge in [0.05, 0.1) is 18.7 Å². The van der Waals surface area contributed by atoms with Crippen molar-refractivity contribution in [3.63, 3.8) is 0 Å². The van der Waals surface area contributed by atoms with E-state index in [1.165, 1.54) is 47.7 Å². The van der Waals surface area contributed by atoms with E-state index in [2.05, 4.69) is 4.98 Å². The Bertz CT molecular complexity index is 1190. The van der Waals surface area contributed by atoms with Crippen molar-refractivity contribution in [3.8, 4) is 5.75 Å². The minimum absolute atomic E-state index is 0.0686. The molecule has 0 saturated carbocycles. The molecule has 3 rings (SSSR count). The molecule has 2 heterocycles. The van der Waals surface area contributed by atoms with Gasteiger partial charge in [0.15, 0.2) is 11.5 Å². The lowest BCUT2D eigenvalue weighted by Crippen LogP contribution is -2.45. The average molecular weight is 503 g/mol. The van der Waals surface area contributed by atoms with E-state index >= 15 is 0 Å². The van der Waals surface area contributed by atoms with E-state index in [9.17, 15) is 28.7 Å². The highest BCUT2D eigenvalue weighted by atomic mass is 19.1. The molecule has 1 aromatic heterocycles. The minimum Gasteiger partial charge on any atom is -0.501 e. The number of likely N-dealkylation sites (N-methyl/N-ethyl adjacent to an activating group) is 2. The summed E-state index contributed by atoms with van der Waals surface area (Å²) in [6, 6.07) is 4.88. The molecule has 0 spiro atoms. The fourth-order valence-electron chi connectivity index (χ4n) is 4.29. The van der Waals surface area contributed by atoms with Gasteiger partial charge in [-0.05, 0) is 43.9 Å². The van der Waals surface area contributed by atoms with Crippen molar-refractivity contribution in [1.82, 2.24) is 19.4 Å². The van der Waals surface area contributed by atoms with Crippen LogP contribution < -0.4 is 5.56 Å². The lowest BCUT2D eigenvalue weighted by Gasteiger charge is -2.31. The highest BCUT2D eigenvalue weighted by molar-refractivity contribution is 6.34. The van der Waals surface area contributed by atoms with Crippen LogP contribution in [-0.2, 0) is 27.3 Å². The van der Waals surface area contributed by atoms with E-state index in [1.807, 2.05) is 0 Å². The van der Waals surface area contributed by atoms with Crippen molar-refractivity contribution in [2.24, 2.45) is 0 Å². The summed E-state index contributed by atoms with van der Waals surface area (Å²) in [6.45, 7) is 1.93. The molecule has 2 atom stereocenters. The number of halogens is 1. The normalized spacial score (nSPS) is 17.1. The molecule has 2 unspecified atom stereocenters. The fourth-order valence-corrected chi connectivity index (χ4v) is 4.29. The van der Waals surface area contributed by atoms with Gasteiger partial charge in [-0.15, -0.1) is 0 Å². The number of carbonyl (C=O) groups excluding carboxylic acids is 3. The van der Waals surface area contributed by atoms with Crippen molar-refractivity contribution in [1.29, 1.82) is 0 Å². The molecule has 0 aliphatic carbocycles. The predicted molar refractivity (Wildman–Crippen MR) is 128 cm³/mol. The molecule has 0 radical (unpaired) electrons. The Morgan fingerprint density at radius 3 is 2.42 bits per heavy atom. The second-order valence-electron chi connectivity index (χ2n) is 8.87. The first kappa shape index (κ1) is 27.0. The van der Waals surface area contributed by atoms with Gasteiger partial charge < -0.3 is 19.6 Å². The molecule has 194 valence electrons. The first-order valence-corrected chi connectivity index (χ1v) is 11.7. The lowest BCUT2D eigenvalue weighted by atomic mass is 10.0. The topological polar surface area (TPSA) is 122 Å². The van der Waals surface area contributed by atoms with E-state index < -0.39 is 52.6 Å². The van der Waals surface area contributed by atoms with E-state index in [4.69, 9.17) is 4.74 Å². The number of rotatable bonds is 7. The maximum Gasteiger partial charge on any atom is 0.312 e. The number of aryl methyl sites for hydroxylation is 1. The highest BCUT2D eigenvalue weighted by Gasteiger charge is 2.36. The maximum atomic E-state index is 13.2. The van der Waals surface area contributed by atoms with E-state index in [-0.39, 0.29) is 31.8 Å². The third-order valence-electron chi connectivity index (χ3n) is 6.34. The number of amides is 2. The number of fused-ring (bicyclic) bond motifs is 1. The van der Waals surface area contributed by atoms with Gasteiger partial charge in [-0.2, -0.15) is 0 Å². The van der Waals surface area contributed by atoms with Gasteiger partial charge >= 0.3 is 11.8 Å². The summed E-state index contributed by atoms with van der Waals surface area (Å²) in [5, 5.41) is 10.6. The highest BCUT2D eigenvalue weighted by Crippen LogP contribution is 2.30. The molecule has 0 fully saturated rings. The van der Waals surface area contributed by atoms with E-state index in [0.29, 0.717) is 18.4 Å². The Labute approximate surface area is 208 Å². The zero-order chi connectivity index (χ0) is 26.6. The molecule has 10 nitrogen and oxygen atoms in total. The van der Waals surface area contributed by atoms with Crippen LogP contribution in [0.3, 0.4) is 0 Å². The lowest BCUT2D eigenvalue weighted by molar-refractivity contribution is -0.152. The van der Waals surface area contributed by atoms with Gasteiger partial charge in [-0.3, -0.25) is 23.7 Å². The molecule has 2 amide bonds. The number of ether oxygens (including phenoxy) is 1. The van der Waals surface area contributed by atoms with Gasteiger partial charge in [0.2, 0.25) is 5.75 Å². The van der Waals surface area contributed by atoms with Crippen LogP contribution in [0.1, 0.15) is 54.1 Å². The van der Waals surface area contributed by atoms with Crippen molar-refractivity contribution in [2.45, 2.75) is 51.3 Å². The van der Waals surface area contributed by atoms with Crippen LogP contribution in [0.2, 0.25) is 0 Å². The van der Waals surface area contributed by atoms with Crippen molar-refractivity contribution in [3.05, 3.63) is 57.5 Å². The number of hydrogen-bond acceptors (Lipinski definition) is 7. The monoisotopic (exact) mass is 502 g/mol. The third-order valence-corrected chi connectivity index (χ3v) is 6.34. The number of methoxy groups -OCH3 is 1. The molecule has 36 heavy (non-hydrogen) atoms. The molecular formula is C25H31FN4O6. The Kier molecular flexibility index (Phi) is 8.57. The third kappa shape index (κ3) is 5.62. The average Bonchev–Trinajstić information content (AvgIpc) is 3.05. The van der Waals surface area contributed by atoms with Crippen molar-refractivity contribution in [2.75, 3.05) is 27.7 Å². The Balaban J connectivity index is 2.03. The standard InChI is InChI=1S/C25H31FN4O6/c1-5-29(25(35)24(34)28(2)3)18-12-11-17(36-4)14-30-22(18)27-20(21(32)23(30)33)19(31)13-8-15-6-9-16(26)10-7-15/h6-7,9-10,17-18,32H,5,8,11-14H2,1-4H3. The Morgan fingerprint density at radius 1 is 1.17 bits per heavy atom. The van der Waals surface area contributed by atoms with Crippen LogP contribution in [-0.4, -0.2) is 75.9 Å². The Hall–Kier alpha value is -3.60. The summed E-state index contributed by atoms with van der Waals surface area (Å²) in [5.41, 5.74) is -0.500. The van der Waals surface area contributed by atoms with Crippen molar-refractivity contribution >= 4 is 17.6 Å². The van der Waals surface area contributed by atoms with Crippen LogP contribution in [0.15, 0.2) is 29.1 Å². The number of aromatic hydroxyl groups is 1. The molecule has 1 aliphatic heterocycles. The van der Waals surface area contributed by atoms with E-state index in [0.717, 1.165) is 0 Å². The number of Topliss-reactive ketones (excluding diaryl/α,β-unsaturated/α-hetero) is 1. The summed E-state index contributed by atoms with van der Waals surface area (Å²) in [4.78, 5) is 58.5. The van der Waals surface area contributed by atoms with Crippen LogP contribution in [0.4, 0.5) is 4.39 Å². The number of carbonyl (C=O) groups is 3. The Morgan fingerprint density at radius 2 is 1.83 bits per heavy atom. The van der Waals surface area contributed by atoms with Gasteiger partial charge in [-0.1, -0.05) is 12.1 Å². The first-order valence-electron chi connectivity index (χ1n) is 11.7. The summed E-state index contributed by atoms with van der Waals surface area (Å²) in [7, 11) is 4.43. The number of nitrogens with zero attached hydrogens (tertiary/aromatic N) is 4. The molecule has 1 aromatic carbocycles. The molecule has 0 saturated heterocycles. The molecular weight excluding hydrogens is 471 g/mol. The van der Waals surface area contributed by atoms with Crippen LogP contribution in [0.25, 0.3) is 0 Å². The van der Waals surface area contributed by atoms with Crippen LogP contribution >= 0.6 is 0 Å². The SMILES string of the molecule is CCN(C(=O)C(=O)N(C)C)C1CCC(OC)Cn2c1nc(C(=O)CCc1ccc(F)cc1)c(O)c2=O. The fraction of sp³-hybridized carbons (Fsp3) is 0.480. The predicted octanol–water partition coefficient (Wildman–Crippen LogP) is 1.69. The van der Waals surface area contributed by atoms with E-state index in [1.54, 1.807) is 19.1 Å². The maximum absolute atomic E-state index is 13.2.